The molecule has 0 fully saturated rings. The maximum absolute atomic E-state index is 11.9. The number of aliphatic hydroxyl groups is 1. The Kier molecular flexibility index (Phi) is 6.03. The highest BCUT2D eigenvalue weighted by Gasteiger charge is 2.21. The molecule has 1 unspecified atom stereocenters. The Bertz CT molecular complexity index is 475. The van der Waals surface area contributed by atoms with E-state index in [1.165, 1.54) is 22.7 Å². The number of halogens is 1. The van der Waals surface area contributed by atoms with E-state index < -0.39 is 10.2 Å². The van der Waals surface area contributed by atoms with Gasteiger partial charge in [0.15, 0.2) is 0 Å². The van der Waals surface area contributed by atoms with Crippen molar-refractivity contribution in [2.24, 2.45) is 0 Å². The first kappa shape index (κ1) is 15.9. The molecular weight excluding hydrogens is 296 g/mol. The van der Waals surface area contributed by atoms with E-state index >= 15 is 0 Å². The quantitative estimate of drug-likeness (QED) is 0.803. The normalized spacial score (nSPS) is 14.1. The highest BCUT2D eigenvalue weighted by molar-refractivity contribution is 7.87. The van der Waals surface area contributed by atoms with E-state index in [1.807, 2.05) is 0 Å². The first-order chi connectivity index (χ1) is 8.36. The standard InChI is InChI=1S/C10H17ClN2O3S2/c1-8(9-4-5-10(11)17-9)12-18(15,16)13(2)6-3-7-14/h4-5,8,12,14H,3,6-7H2,1-2H3. The van der Waals surface area contributed by atoms with Crippen LogP contribution in [0.5, 0.6) is 0 Å². The van der Waals surface area contributed by atoms with Crippen LogP contribution in [-0.4, -0.2) is 38.0 Å². The zero-order chi connectivity index (χ0) is 13.8. The molecule has 1 rings (SSSR count). The van der Waals surface area contributed by atoms with Crippen LogP contribution < -0.4 is 4.72 Å². The second kappa shape index (κ2) is 6.83. The lowest BCUT2D eigenvalue weighted by Crippen LogP contribution is -2.39. The number of thiophene rings is 1. The predicted molar refractivity (Wildman–Crippen MR) is 74.1 cm³/mol. The summed E-state index contributed by atoms with van der Waals surface area (Å²) in [6.45, 7) is 2.01. The van der Waals surface area contributed by atoms with Crippen molar-refractivity contribution in [3.05, 3.63) is 21.3 Å². The molecule has 0 saturated heterocycles. The van der Waals surface area contributed by atoms with E-state index in [4.69, 9.17) is 16.7 Å². The number of rotatable bonds is 7. The Balaban J connectivity index is 2.65. The molecule has 1 heterocycles. The van der Waals surface area contributed by atoms with Crippen LogP contribution in [0.15, 0.2) is 12.1 Å². The molecule has 0 aliphatic rings. The molecule has 8 heteroatoms. The Hall–Kier alpha value is -0.180. The fraction of sp³-hybridized carbons (Fsp3) is 0.600. The van der Waals surface area contributed by atoms with E-state index in [1.54, 1.807) is 19.1 Å². The van der Waals surface area contributed by atoms with E-state index in [0.29, 0.717) is 10.8 Å². The average Bonchev–Trinajstić information content (AvgIpc) is 2.72. The summed E-state index contributed by atoms with van der Waals surface area (Å²) in [7, 11) is -2.06. The van der Waals surface area contributed by atoms with Crippen molar-refractivity contribution in [1.82, 2.24) is 9.03 Å². The SMILES string of the molecule is CC(NS(=O)(=O)N(C)CCCO)c1ccc(Cl)s1. The highest BCUT2D eigenvalue weighted by Crippen LogP contribution is 2.27. The molecule has 1 atom stereocenters. The number of nitrogens with one attached hydrogen (secondary N) is 1. The van der Waals surface area contributed by atoms with Crippen LogP contribution in [0.3, 0.4) is 0 Å². The fourth-order valence-electron chi connectivity index (χ4n) is 1.35. The minimum Gasteiger partial charge on any atom is -0.396 e. The van der Waals surface area contributed by atoms with Crippen molar-refractivity contribution < 1.29 is 13.5 Å². The van der Waals surface area contributed by atoms with Gasteiger partial charge in [0.25, 0.3) is 10.2 Å². The number of hydrogen-bond acceptors (Lipinski definition) is 4. The number of nitrogens with zero attached hydrogens (tertiary/aromatic N) is 1. The maximum Gasteiger partial charge on any atom is 0.279 e. The van der Waals surface area contributed by atoms with Gasteiger partial charge in [-0.2, -0.15) is 17.4 Å². The van der Waals surface area contributed by atoms with Gasteiger partial charge in [-0.05, 0) is 25.5 Å². The Morgan fingerprint density at radius 3 is 2.72 bits per heavy atom. The summed E-state index contributed by atoms with van der Waals surface area (Å²) in [5.74, 6) is 0. The molecule has 1 aromatic rings. The first-order valence-electron chi connectivity index (χ1n) is 5.46. The Morgan fingerprint density at radius 2 is 2.22 bits per heavy atom. The van der Waals surface area contributed by atoms with E-state index in [-0.39, 0.29) is 19.2 Å². The summed E-state index contributed by atoms with van der Waals surface area (Å²) < 4.78 is 28.2. The molecule has 0 radical (unpaired) electrons. The molecule has 1 aromatic heterocycles. The smallest absolute Gasteiger partial charge is 0.279 e. The second-order valence-corrected chi connectivity index (χ2v) is 7.44. The summed E-state index contributed by atoms with van der Waals surface area (Å²) in [5.41, 5.74) is 0. The van der Waals surface area contributed by atoms with Gasteiger partial charge in [0.2, 0.25) is 0 Å². The van der Waals surface area contributed by atoms with Crippen molar-refractivity contribution >= 4 is 33.1 Å². The minimum absolute atomic E-state index is 0.0318. The molecule has 0 saturated carbocycles. The summed E-state index contributed by atoms with van der Waals surface area (Å²) >= 11 is 7.16. The van der Waals surface area contributed by atoms with Crippen molar-refractivity contribution in [3.63, 3.8) is 0 Å². The number of hydrogen-bond donors (Lipinski definition) is 2. The van der Waals surface area contributed by atoms with Crippen molar-refractivity contribution in [2.45, 2.75) is 19.4 Å². The van der Waals surface area contributed by atoms with Gasteiger partial charge in [-0.25, -0.2) is 0 Å². The molecular formula is C10H17ClN2O3S2. The van der Waals surface area contributed by atoms with Gasteiger partial charge in [0.05, 0.1) is 10.4 Å². The molecule has 0 aliphatic heterocycles. The Labute approximate surface area is 117 Å². The Morgan fingerprint density at radius 1 is 1.56 bits per heavy atom. The van der Waals surface area contributed by atoms with Gasteiger partial charge in [-0.1, -0.05) is 11.6 Å². The number of aliphatic hydroxyl groups excluding tert-OH is 1. The fourth-order valence-corrected chi connectivity index (χ4v) is 3.61. The van der Waals surface area contributed by atoms with E-state index in [2.05, 4.69) is 4.72 Å². The topological polar surface area (TPSA) is 69.6 Å². The third kappa shape index (κ3) is 4.49. The summed E-state index contributed by atoms with van der Waals surface area (Å²) in [4.78, 5) is 0.860. The van der Waals surface area contributed by atoms with Crippen LogP contribution >= 0.6 is 22.9 Å². The largest absolute Gasteiger partial charge is 0.396 e. The van der Waals surface area contributed by atoms with Crippen LogP contribution in [0.1, 0.15) is 24.3 Å². The van der Waals surface area contributed by atoms with Gasteiger partial charge >= 0.3 is 0 Å². The maximum atomic E-state index is 11.9. The van der Waals surface area contributed by atoms with Crippen molar-refractivity contribution in [1.29, 1.82) is 0 Å². The first-order valence-corrected chi connectivity index (χ1v) is 8.10. The molecule has 0 bridgehead atoms. The molecule has 0 aromatic carbocycles. The highest BCUT2D eigenvalue weighted by atomic mass is 35.5. The molecule has 2 N–H and O–H groups in total. The zero-order valence-corrected chi connectivity index (χ0v) is 12.6. The van der Waals surface area contributed by atoms with Crippen LogP contribution in [0.25, 0.3) is 0 Å². The van der Waals surface area contributed by atoms with E-state index in [9.17, 15) is 8.42 Å². The van der Waals surface area contributed by atoms with Crippen LogP contribution in [0.2, 0.25) is 4.34 Å². The third-order valence-corrected chi connectivity index (χ3v) is 5.46. The second-order valence-electron chi connectivity index (χ2n) is 3.89. The van der Waals surface area contributed by atoms with Crippen molar-refractivity contribution in [2.75, 3.05) is 20.2 Å². The zero-order valence-electron chi connectivity index (χ0n) is 10.3. The van der Waals surface area contributed by atoms with Gasteiger partial charge in [0, 0.05) is 25.1 Å². The molecule has 0 aliphatic carbocycles. The molecule has 104 valence electrons. The third-order valence-electron chi connectivity index (χ3n) is 2.39. The van der Waals surface area contributed by atoms with Gasteiger partial charge in [-0.15, -0.1) is 11.3 Å². The molecule has 5 nitrogen and oxygen atoms in total. The van der Waals surface area contributed by atoms with Crippen LogP contribution in [0, 0.1) is 0 Å². The van der Waals surface area contributed by atoms with Crippen molar-refractivity contribution in [3.8, 4) is 0 Å². The molecule has 18 heavy (non-hydrogen) atoms. The van der Waals surface area contributed by atoms with Gasteiger partial charge in [0.1, 0.15) is 0 Å². The molecule has 0 amide bonds. The lowest BCUT2D eigenvalue weighted by atomic mass is 10.3. The lowest BCUT2D eigenvalue weighted by Gasteiger charge is -2.20. The van der Waals surface area contributed by atoms with Gasteiger partial charge < -0.3 is 5.11 Å². The summed E-state index contributed by atoms with van der Waals surface area (Å²) in [5, 5.41) is 8.69. The average molecular weight is 313 g/mol. The van der Waals surface area contributed by atoms with E-state index in [0.717, 1.165) is 4.88 Å². The monoisotopic (exact) mass is 312 g/mol. The lowest BCUT2D eigenvalue weighted by molar-refractivity contribution is 0.275. The molecule has 0 spiro atoms. The van der Waals surface area contributed by atoms with Crippen LogP contribution in [0.4, 0.5) is 0 Å². The summed E-state index contributed by atoms with van der Waals surface area (Å²) in [6.07, 6.45) is 0.413. The predicted octanol–water partition coefficient (Wildman–Crippen LogP) is 1.61. The van der Waals surface area contributed by atoms with Gasteiger partial charge in [-0.3, -0.25) is 0 Å². The summed E-state index contributed by atoms with van der Waals surface area (Å²) in [6, 6.07) is 3.21. The minimum atomic E-state index is -3.53. The van der Waals surface area contributed by atoms with Crippen LogP contribution in [-0.2, 0) is 10.2 Å².